The van der Waals surface area contributed by atoms with Crippen molar-refractivity contribution in [3.05, 3.63) is 25.7 Å². The van der Waals surface area contributed by atoms with Crippen LogP contribution in [-0.4, -0.2) is 12.2 Å². The van der Waals surface area contributed by atoms with Crippen LogP contribution in [-0.2, 0) is 0 Å². The highest BCUT2D eigenvalue weighted by Gasteiger charge is 2.01. The van der Waals surface area contributed by atoms with Gasteiger partial charge in [0, 0.05) is 0 Å². The summed E-state index contributed by atoms with van der Waals surface area (Å²) in [6, 6.07) is 0. The lowest BCUT2D eigenvalue weighted by Crippen LogP contribution is -2.34. The third kappa shape index (κ3) is 1.52. The molecule has 0 atom stereocenters. The van der Waals surface area contributed by atoms with Gasteiger partial charge >= 0.3 is 11.4 Å². The molecule has 0 amide bonds. The summed E-state index contributed by atoms with van der Waals surface area (Å²) in [7, 11) is 0. The van der Waals surface area contributed by atoms with E-state index in [4.69, 9.17) is 0 Å². The van der Waals surface area contributed by atoms with Gasteiger partial charge in [0.1, 0.15) is 0 Å². The number of aromatic amines is 1. The average molecular weight is 303 g/mol. The van der Waals surface area contributed by atoms with Gasteiger partial charge in [-0.05, 0) is 12.2 Å². The topological polar surface area (TPSA) is 59.8 Å². The summed E-state index contributed by atoms with van der Waals surface area (Å²) in [5, 5.41) is 0. The van der Waals surface area contributed by atoms with E-state index in [2.05, 4.69) is 49.5 Å². The summed E-state index contributed by atoms with van der Waals surface area (Å²) in [5.41, 5.74) is -1.19. The van der Waals surface area contributed by atoms with Crippen LogP contribution in [0.4, 0.5) is 0 Å². The molecule has 1 N–H and O–H groups in total. The van der Waals surface area contributed by atoms with Crippen molar-refractivity contribution in [3.8, 4) is 0 Å². The highest BCUT2D eigenvalue weighted by atomic mass is 79.9. The molecule has 1 heterocycles. The van der Waals surface area contributed by atoms with E-state index in [1.54, 1.807) is 0 Å². The van der Waals surface area contributed by atoms with Crippen molar-refractivity contribution in [3.63, 3.8) is 0 Å². The molecule has 60 valence electrons. The van der Waals surface area contributed by atoms with E-state index < -0.39 is 11.4 Å². The van der Waals surface area contributed by atoms with E-state index in [1.807, 2.05) is 0 Å². The van der Waals surface area contributed by atoms with Gasteiger partial charge in [0.15, 0.2) is 4.77 Å². The zero-order valence-corrected chi connectivity index (χ0v) is 8.86. The molecule has 0 saturated heterocycles. The summed E-state index contributed by atoms with van der Waals surface area (Å²) >= 11 is 10.2. The van der Waals surface area contributed by atoms with Gasteiger partial charge in [0.25, 0.3) is 0 Å². The molecule has 0 spiro atoms. The van der Waals surface area contributed by atoms with Crippen molar-refractivity contribution < 1.29 is 0 Å². The summed E-state index contributed by atoms with van der Waals surface area (Å²) in [6.45, 7) is 0. The smallest absolute Gasteiger partial charge is 0.282 e. The Hall–Kier alpha value is -0.210. The molecule has 0 unspecified atom stereocenters. The first-order valence-corrected chi connectivity index (χ1v) is 4.17. The van der Waals surface area contributed by atoms with Crippen LogP contribution in [0.15, 0.2) is 9.59 Å². The second-order valence-electron chi connectivity index (χ2n) is 1.58. The highest BCUT2D eigenvalue weighted by Crippen LogP contribution is 1.86. The van der Waals surface area contributed by atoms with Gasteiger partial charge < -0.3 is 0 Å². The first-order chi connectivity index (χ1) is 5.04. The Morgan fingerprint density at radius 3 is 2.36 bits per heavy atom. The standard InChI is InChI=1S/C3HBr2N3O2S/c4-7-1(9)6-2(11)8(5)3(7)10/h(H,6,9,11). The van der Waals surface area contributed by atoms with E-state index in [9.17, 15) is 9.59 Å². The predicted octanol–water partition coefficient (Wildman–Crippen LogP) is 0.384. The van der Waals surface area contributed by atoms with Crippen molar-refractivity contribution in [2.24, 2.45) is 0 Å². The number of hydrogen-bond donors (Lipinski definition) is 1. The normalized spacial score (nSPS) is 10.0. The first kappa shape index (κ1) is 8.88. The lowest BCUT2D eigenvalue weighted by molar-refractivity contribution is 0.863. The van der Waals surface area contributed by atoms with Crippen LogP contribution in [0.1, 0.15) is 0 Å². The molecule has 0 radical (unpaired) electrons. The number of hydrogen-bond acceptors (Lipinski definition) is 3. The van der Waals surface area contributed by atoms with Gasteiger partial charge in [-0.3, -0.25) is 4.98 Å². The molecule has 0 saturated carbocycles. The van der Waals surface area contributed by atoms with Crippen molar-refractivity contribution in [2.45, 2.75) is 0 Å². The third-order valence-corrected chi connectivity index (χ3v) is 2.71. The molecule has 0 aliphatic carbocycles. The predicted molar refractivity (Wildman–Crippen MR) is 48.8 cm³/mol. The molecular weight excluding hydrogens is 302 g/mol. The minimum Gasteiger partial charge on any atom is -0.282 e. The maximum Gasteiger partial charge on any atom is 0.355 e. The number of nitrogens with zero attached hydrogens (tertiary/aromatic N) is 2. The maximum atomic E-state index is 11.0. The Morgan fingerprint density at radius 1 is 1.27 bits per heavy atom. The molecule has 5 nitrogen and oxygen atoms in total. The average Bonchev–Trinajstić information content (AvgIpc) is 1.97. The second-order valence-corrected chi connectivity index (χ2v) is 3.38. The second kappa shape index (κ2) is 3.03. The largest absolute Gasteiger partial charge is 0.355 e. The Morgan fingerprint density at radius 2 is 1.82 bits per heavy atom. The summed E-state index contributed by atoms with van der Waals surface area (Å²) in [4.78, 5) is 24.0. The number of halogens is 2. The fraction of sp³-hybridized carbons (Fsp3) is 0. The molecule has 1 rings (SSSR count). The molecule has 0 bridgehead atoms. The zero-order valence-electron chi connectivity index (χ0n) is 4.88. The van der Waals surface area contributed by atoms with Gasteiger partial charge in [-0.2, -0.15) is 3.59 Å². The Kier molecular flexibility index (Phi) is 2.45. The van der Waals surface area contributed by atoms with Crippen molar-refractivity contribution in [2.75, 3.05) is 0 Å². The molecule has 0 aliphatic heterocycles. The van der Waals surface area contributed by atoms with E-state index in [0.717, 1.165) is 7.19 Å². The summed E-state index contributed by atoms with van der Waals surface area (Å²) in [6.07, 6.45) is 0. The molecule has 8 heteroatoms. The number of rotatable bonds is 0. The summed E-state index contributed by atoms with van der Waals surface area (Å²) in [5.74, 6) is 0. The van der Waals surface area contributed by atoms with Crippen LogP contribution in [0, 0.1) is 4.77 Å². The first-order valence-electron chi connectivity index (χ1n) is 2.34. The molecule has 0 aliphatic rings. The molecule has 1 aromatic rings. The molecule has 0 fully saturated rings. The number of H-pyrrole nitrogens is 1. The van der Waals surface area contributed by atoms with Crippen molar-refractivity contribution in [1.82, 2.24) is 12.2 Å². The SMILES string of the molecule is O=c1[nH]c(=S)n(Br)c(=O)n1Br. The van der Waals surface area contributed by atoms with Gasteiger partial charge in [0.2, 0.25) is 0 Å². The fourth-order valence-electron chi connectivity index (χ4n) is 0.440. The van der Waals surface area contributed by atoms with Crippen molar-refractivity contribution >= 4 is 44.5 Å². The minimum atomic E-state index is -0.601. The van der Waals surface area contributed by atoms with Crippen LogP contribution < -0.4 is 11.4 Å². The van der Waals surface area contributed by atoms with E-state index in [1.165, 1.54) is 0 Å². The van der Waals surface area contributed by atoms with Crippen LogP contribution >= 0.6 is 44.5 Å². The Balaban J connectivity index is 3.89. The molecule has 1 aromatic heterocycles. The Bertz CT molecular complexity index is 406. The molecule has 11 heavy (non-hydrogen) atoms. The maximum absolute atomic E-state index is 11.0. The monoisotopic (exact) mass is 301 g/mol. The minimum absolute atomic E-state index is 0.0238. The number of aromatic nitrogens is 3. The number of nitrogens with one attached hydrogen (secondary N) is 1. The van der Waals surface area contributed by atoms with Crippen LogP contribution in [0.5, 0.6) is 0 Å². The van der Waals surface area contributed by atoms with E-state index >= 15 is 0 Å². The molecule has 0 aromatic carbocycles. The van der Waals surface area contributed by atoms with Crippen LogP contribution in [0.25, 0.3) is 0 Å². The van der Waals surface area contributed by atoms with Crippen LogP contribution in [0.3, 0.4) is 0 Å². The zero-order chi connectivity index (χ0) is 8.59. The lowest BCUT2D eigenvalue weighted by atomic mass is 11.0. The highest BCUT2D eigenvalue weighted by molar-refractivity contribution is 9.08. The summed E-state index contributed by atoms with van der Waals surface area (Å²) < 4.78 is 1.70. The van der Waals surface area contributed by atoms with Crippen molar-refractivity contribution in [1.29, 1.82) is 0 Å². The van der Waals surface area contributed by atoms with Gasteiger partial charge in [-0.15, -0.1) is 0 Å². The van der Waals surface area contributed by atoms with Gasteiger partial charge in [-0.1, -0.05) is 0 Å². The van der Waals surface area contributed by atoms with Gasteiger partial charge in [0.05, 0.1) is 32.3 Å². The molecular formula is C3HBr2N3O2S. The van der Waals surface area contributed by atoms with Crippen LogP contribution in [0.2, 0.25) is 0 Å². The third-order valence-electron chi connectivity index (χ3n) is 0.906. The van der Waals surface area contributed by atoms with Gasteiger partial charge in [-0.25, -0.2) is 13.2 Å². The fourth-order valence-corrected chi connectivity index (χ4v) is 1.31. The van der Waals surface area contributed by atoms with E-state index in [-0.39, 0.29) is 4.77 Å². The Labute approximate surface area is 82.3 Å². The van der Waals surface area contributed by atoms with E-state index in [0.29, 0.717) is 0 Å². The quantitative estimate of drug-likeness (QED) is 0.705. The lowest BCUT2D eigenvalue weighted by Gasteiger charge is -1.94.